The summed E-state index contributed by atoms with van der Waals surface area (Å²) >= 11 is 0. The zero-order valence-corrected chi connectivity index (χ0v) is 31.9. The predicted octanol–water partition coefficient (Wildman–Crippen LogP) is 3.95. The summed E-state index contributed by atoms with van der Waals surface area (Å²) in [5.41, 5.74) is 5.44. The van der Waals surface area contributed by atoms with Gasteiger partial charge in [-0.05, 0) is 55.0 Å². The van der Waals surface area contributed by atoms with Crippen LogP contribution < -0.4 is 20.4 Å². The average Bonchev–Trinajstić information content (AvgIpc) is 3.11. The molecular formula is C39H54N6O6S. The van der Waals surface area contributed by atoms with Gasteiger partial charge in [-0.3, -0.25) is 29.0 Å². The van der Waals surface area contributed by atoms with Gasteiger partial charge < -0.3 is 15.7 Å². The van der Waals surface area contributed by atoms with Crippen molar-refractivity contribution in [3.8, 4) is 0 Å². The van der Waals surface area contributed by atoms with Crippen molar-refractivity contribution in [2.45, 2.75) is 65.3 Å². The van der Waals surface area contributed by atoms with E-state index in [0.717, 1.165) is 35.8 Å². The Labute approximate surface area is 308 Å². The number of carbonyl (C=O) groups is 3. The summed E-state index contributed by atoms with van der Waals surface area (Å²) < 4.78 is 25.9. The standard InChI is InChI=1S/C39H54N6O6S/c1-27(2)21-35(36(46)22-28(3)37(47)42-45-19-17-44(18-20-45)26-30-13-9-7-10-14-30)41-39(49)33-23-32(24-34(25-33)43(5)52(6,50)51)38(48)40-29(4)31-15-11-8-12-16-31/h7-16,23-25,27-29,35-36,46H,17-22,26H2,1-6H3,(H,40,48)(H,41,49)(H,42,47)/t28-,29-,35+,36+/m1/s1. The summed E-state index contributed by atoms with van der Waals surface area (Å²) in [6, 6.07) is 22.8. The molecule has 1 saturated heterocycles. The Morgan fingerprint density at radius 1 is 0.808 bits per heavy atom. The highest BCUT2D eigenvalue weighted by molar-refractivity contribution is 7.92. The first-order valence-corrected chi connectivity index (χ1v) is 19.7. The summed E-state index contributed by atoms with van der Waals surface area (Å²) in [5, 5.41) is 19.1. The van der Waals surface area contributed by atoms with E-state index < -0.39 is 39.9 Å². The number of hydrazine groups is 1. The Kier molecular flexibility index (Phi) is 14.4. The number of carbonyl (C=O) groups excluding carboxylic acids is 3. The smallest absolute Gasteiger partial charge is 0.251 e. The number of sulfonamides is 1. The van der Waals surface area contributed by atoms with Crippen LogP contribution in [0.15, 0.2) is 78.9 Å². The minimum atomic E-state index is -3.72. The second-order valence-corrected chi connectivity index (χ2v) is 16.3. The monoisotopic (exact) mass is 734 g/mol. The molecule has 12 nitrogen and oxygen atoms in total. The number of benzene rings is 3. The van der Waals surface area contributed by atoms with E-state index in [2.05, 4.69) is 33.1 Å². The maximum atomic E-state index is 13.8. The van der Waals surface area contributed by atoms with Crippen LogP contribution in [-0.2, 0) is 21.4 Å². The number of nitrogens with one attached hydrogen (secondary N) is 3. The van der Waals surface area contributed by atoms with Gasteiger partial charge in [-0.1, -0.05) is 81.4 Å². The Morgan fingerprint density at radius 3 is 1.92 bits per heavy atom. The van der Waals surface area contributed by atoms with Gasteiger partial charge in [-0.2, -0.15) is 0 Å². The van der Waals surface area contributed by atoms with Crippen LogP contribution in [0.3, 0.4) is 0 Å². The molecule has 4 atom stereocenters. The number of anilines is 1. The first-order valence-electron chi connectivity index (χ1n) is 17.9. The van der Waals surface area contributed by atoms with Crippen molar-refractivity contribution in [1.82, 2.24) is 26.0 Å². The van der Waals surface area contributed by atoms with Crippen LogP contribution in [0.4, 0.5) is 5.69 Å². The lowest BCUT2D eigenvalue weighted by molar-refractivity contribution is -0.131. The van der Waals surface area contributed by atoms with Gasteiger partial charge in [0.15, 0.2) is 0 Å². The average molecular weight is 735 g/mol. The molecule has 0 aliphatic carbocycles. The molecule has 4 rings (SSSR count). The van der Waals surface area contributed by atoms with E-state index in [1.54, 1.807) is 6.92 Å². The number of rotatable bonds is 16. The van der Waals surface area contributed by atoms with Crippen LogP contribution >= 0.6 is 0 Å². The van der Waals surface area contributed by atoms with Crippen molar-refractivity contribution >= 4 is 33.4 Å². The molecule has 0 unspecified atom stereocenters. The third-order valence-corrected chi connectivity index (χ3v) is 10.6. The van der Waals surface area contributed by atoms with Gasteiger partial charge in [-0.25, -0.2) is 13.4 Å². The van der Waals surface area contributed by atoms with E-state index >= 15 is 0 Å². The first kappa shape index (κ1) is 40.5. The zero-order valence-electron chi connectivity index (χ0n) is 31.1. The number of piperazine rings is 1. The molecule has 3 amide bonds. The van der Waals surface area contributed by atoms with Crippen molar-refractivity contribution < 1.29 is 27.9 Å². The van der Waals surface area contributed by atoms with Gasteiger partial charge in [0, 0.05) is 56.8 Å². The van der Waals surface area contributed by atoms with Crippen LogP contribution in [-0.4, -0.2) is 92.8 Å². The van der Waals surface area contributed by atoms with Gasteiger partial charge in [-0.15, -0.1) is 0 Å². The molecule has 3 aromatic rings. The quantitative estimate of drug-likeness (QED) is 0.173. The largest absolute Gasteiger partial charge is 0.391 e. The van der Waals surface area contributed by atoms with E-state index in [4.69, 9.17) is 0 Å². The topological polar surface area (TPSA) is 151 Å². The third kappa shape index (κ3) is 11.9. The Balaban J connectivity index is 1.42. The molecule has 0 spiro atoms. The summed E-state index contributed by atoms with van der Waals surface area (Å²) in [6.07, 6.45) is 0.524. The van der Waals surface area contributed by atoms with Crippen molar-refractivity contribution in [1.29, 1.82) is 0 Å². The molecule has 13 heteroatoms. The van der Waals surface area contributed by atoms with Crippen LogP contribution in [0.5, 0.6) is 0 Å². The second kappa shape index (κ2) is 18.5. The van der Waals surface area contributed by atoms with Crippen LogP contribution in [0.1, 0.15) is 78.4 Å². The maximum absolute atomic E-state index is 13.8. The van der Waals surface area contributed by atoms with Crippen molar-refractivity contribution in [3.63, 3.8) is 0 Å². The summed E-state index contributed by atoms with van der Waals surface area (Å²) in [6.45, 7) is 11.4. The molecule has 0 bridgehead atoms. The molecule has 1 fully saturated rings. The molecule has 0 aromatic heterocycles. The number of aliphatic hydroxyl groups is 1. The normalized spacial score (nSPS) is 16.4. The minimum absolute atomic E-state index is 0.0590. The summed E-state index contributed by atoms with van der Waals surface area (Å²) in [4.78, 5) is 42.8. The number of nitrogens with zero attached hydrogens (tertiary/aromatic N) is 3. The van der Waals surface area contributed by atoms with Crippen molar-refractivity contribution in [2.24, 2.45) is 11.8 Å². The van der Waals surface area contributed by atoms with Gasteiger partial charge in [0.2, 0.25) is 15.9 Å². The van der Waals surface area contributed by atoms with E-state index in [1.165, 1.54) is 30.8 Å². The highest BCUT2D eigenvalue weighted by Crippen LogP contribution is 2.23. The van der Waals surface area contributed by atoms with Crippen LogP contribution in [0, 0.1) is 11.8 Å². The lowest BCUT2D eigenvalue weighted by Crippen LogP contribution is -2.54. The molecular weight excluding hydrogens is 681 g/mol. The summed E-state index contributed by atoms with van der Waals surface area (Å²) in [5.74, 6) is -1.71. The second-order valence-electron chi connectivity index (χ2n) is 14.2. The molecule has 1 aliphatic heterocycles. The van der Waals surface area contributed by atoms with Gasteiger partial charge in [0.25, 0.3) is 11.8 Å². The SMILES string of the molecule is CC(C)C[C@H](NC(=O)c1cc(C(=O)N[C@H](C)c2ccccc2)cc(N(C)S(C)(=O)=O)c1)[C@@H](O)C[C@@H](C)C(=O)NN1CCN(Cc2ccccc2)CC1. The first-order chi connectivity index (χ1) is 24.6. The fourth-order valence-corrected chi connectivity index (χ4v) is 6.67. The van der Waals surface area contributed by atoms with Gasteiger partial charge >= 0.3 is 0 Å². The van der Waals surface area contributed by atoms with Crippen LogP contribution in [0.25, 0.3) is 0 Å². The molecule has 1 heterocycles. The Hall–Kier alpha value is -4.30. The molecule has 1 aliphatic rings. The Morgan fingerprint density at radius 2 is 1.37 bits per heavy atom. The zero-order chi connectivity index (χ0) is 38.0. The lowest BCUT2D eigenvalue weighted by atomic mass is 9.92. The minimum Gasteiger partial charge on any atom is -0.391 e. The third-order valence-electron chi connectivity index (χ3n) is 9.39. The van der Waals surface area contributed by atoms with Crippen LogP contribution in [0.2, 0.25) is 0 Å². The highest BCUT2D eigenvalue weighted by Gasteiger charge is 2.29. The maximum Gasteiger partial charge on any atom is 0.251 e. The Bertz CT molecular complexity index is 1750. The lowest BCUT2D eigenvalue weighted by Gasteiger charge is -2.35. The van der Waals surface area contributed by atoms with Crippen molar-refractivity contribution in [3.05, 3.63) is 101 Å². The molecule has 4 N–H and O–H groups in total. The van der Waals surface area contributed by atoms with Gasteiger partial charge in [0.05, 0.1) is 30.1 Å². The molecule has 0 radical (unpaired) electrons. The molecule has 0 saturated carbocycles. The molecule has 3 aromatic carbocycles. The number of hydrogen-bond acceptors (Lipinski definition) is 8. The van der Waals surface area contributed by atoms with Crippen molar-refractivity contribution in [2.75, 3.05) is 43.8 Å². The van der Waals surface area contributed by atoms with E-state index in [0.29, 0.717) is 19.5 Å². The highest BCUT2D eigenvalue weighted by atomic mass is 32.2. The van der Waals surface area contributed by atoms with Gasteiger partial charge in [0.1, 0.15) is 0 Å². The summed E-state index contributed by atoms with van der Waals surface area (Å²) in [7, 11) is -2.37. The molecule has 282 valence electrons. The number of amides is 3. The fraction of sp³-hybridized carbons (Fsp3) is 0.462. The number of hydrogen-bond donors (Lipinski definition) is 4. The van der Waals surface area contributed by atoms with E-state index in [-0.39, 0.29) is 41.1 Å². The fourth-order valence-electron chi connectivity index (χ4n) is 6.18. The van der Waals surface area contributed by atoms with E-state index in [9.17, 15) is 27.9 Å². The number of aliphatic hydroxyl groups excluding tert-OH is 1. The molecule has 52 heavy (non-hydrogen) atoms. The van der Waals surface area contributed by atoms with E-state index in [1.807, 2.05) is 74.3 Å². The predicted molar refractivity (Wildman–Crippen MR) is 204 cm³/mol.